The average Bonchev–Trinajstić information content (AvgIpc) is 2.95. The highest BCUT2D eigenvalue weighted by molar-refractivity contribution is 8.00. The standard InChI is InChI=1S/C29H23N3O4S2/c1-2-25(29(34)31-23-10-3-5-12-26(23)38-27-13-6-4-11-24(27)31)37-22-16-14-20(15-17-22)30-28(33)19-8-7-9-21(18-19)32(35)36/h3-18,25H,2H2,1H3,(H,30,33). The van der Waals surface area contributed by atoms with Crippen molar-refractivity contribution in [1.82, 2.24) is 0 Å². The van der Waals surface area contributed by atoms with Crippen LogP contribution in [0.3, 0.4) is 0 Å². The van der Waals surface area contributed by atoms with Gasteiger partial charge in [-0.15, -0.1) is 11.8 Å². The molecule has 1 unspecified atom stereocenters. The van der Waals surface area contributed by atoms with E-state index in [1.165, 1.54) is 36.0 Å². The van der Waals surface area contributed by atoms with Gasteiger partial charge in [0.2, 0.25) is 5.91 Å². The monoisotopic (exact) mass is 541 g/mol. The van der Waals surface area contributed by atoms with Gasteiger partial charge in [0, 0.05) is 38.1 Å². The van der Waals surface area contributed by atoms with E-state index in [-0.39, 0.29) is 22.4 Å². The van der Waals surface area contributed by atoms with E-state index in [0.29, 0.717) is 12.1 Å². The zero-order chi connectivity index (χ0) is 26.6. The lowest BCUT2D eigenvalue weighted by Crippen LogP contribution is -2.35. The highest BCUT2D eigenvalue weighted by Gasteiger charge is 2.32. The second-order valence-electron chi connectivity index (χ2n) is 8.51. The Hall–Kier alpha value is -4.08. The van der Waals surface area contributed by atoms with Crippen LogP contribution >= 0.6 is 23.5 Å². The Morgan fingerprint density at radius 1 is 0.921 bits per heavy atom. The zero-order valence-electron chi connectivity index (χ0n) is 20.4. The molecule has 0 bridgehead atoms. The maximum Gasteiger partial charge on any atom is 0.270 e. The fraction of sp³-hybridized carbons (Fsp3) is 0.103. The number of para-hydroxylation sites is 2. The number of rotatable bonds is 7. The number of non-ortho nitro benzene ring substituents is 1. The molecule has 190 valence electrons. The number of hydrogen-bond donors (Lipinski definition) is 1. The van der Waals surface area contributed by atoms with Gasteiger partial charge >= 0.3 is 0 Å². The van der Waals surface area contributed by atoms with Crippen molar-refractivity contribution in [1.29, 1.82) is 0 Å². The molecule has 1 aliphatic rings. The molecule has 1 atom stereocenters. The fourth-order valence-corrected chi connectivity index (χ4v) is 6.19. The SMILES string of the molecule is CCC(Sc1ccc(NC(=O)c2cccc([N+](=O)[O-])c2)cc1)C(=O)N1c2ccccc2Sc2ccccc21. The van der Waals surface area contributed by atoms with Gasteiger partial charge in [-0.25, -0.2) is 0 Å². The second-order valence-corrected chi connectivity index (χ2v) is 10.9. The number of nitrogens with one attached hydrogen (secondary N) is 1. The number of fused-ring (bicyclic) bond motifs is 2. The number of hydrogen-bond acceptors (Lipinski definition) is 6. The summed E-state index contributed by atoms with van der Waals surface area (Å²) in [6, 6.07) is 28.7. The molecule has 7 nitrogen and oxygen atoms in total. The lowest BCUT2D eigenvalue weighted by Gasteiger charge is -2.33. The molecule has 0 spiro atoms. The quantitative estimate of drug-likeness (QED) is 0.148. The summed E-state index contributed by atoms with van der Waals surface area (Å²) in [6.45, 7) is 2.00. The van der Waals surface area contributed by atoms with E-state index in [1.54, 1.807) is 23.9 Å². The summed E-state index contributed by atoms with van der Waals surface area (Å²) in [6.07, 6.45) is 0.642. The Bertz CT molecular complexity index is 1480. The summed E-state index contributed by atoms with van der Waals surface area (Å²) in [7, 11) is 0. The average molecular weight is 542 g/mol. The Labute approximate surface area is 228 Å². The first kappa shape index (κ1) is 25.6. The molecule has 0 saturated carbocycles. The van der Waals surface area contributed by atoms with Gasteiger partial charge in [-0.1, -0.05) is 49.0 Å². The normalized spacial score (nSPS) is 12.7. The van der Waals surface area contributed by atoms with Crippen LogP contribution in [0.25, 0.3) is 0 Å². The Morgan fingerprint density at radius 3 is 2.16 bits per heavy atom. The number of nitro groups is 1. The van der Waals surface area contributed by atoms with Crippen LogP contribution in [-0.2, 0) is 4.79 Å². The minimum Gasteiger partial charge on any atom is -0.322 e. The molecule has 2 amide bonds. The minimum atomic E-state index is -0.534. The van der Waals surface area contributed by atoms with Gasteiger partial charge in [0.05, 0.1) is 21.5 Å². The molecular formula is C29H23N3O4S2. The van der Waals surface area contributed by atoms with Gasteiger partial charge in [0.25, 0.3) is 11.6 Å². The first-order valence-electron chi connectivity index (χ1n) is 12.0. The Morgan fingerprint density at radius 2 is 1.55 bits per heavy atom. The van der Waals surface area contributed by atoms with Gasteiger partial charge in [-0.3, -0.25) is 24.6 Å². The largest absolute Gasteiger partial charge is 0.322 e. The first-order chi connectivity index (χ1) is 18.4. The number of carbonyl (C=O) groups is 2. The molecule has 9 heteroatoms. The third-order valence-electron chi connectivity index (χ3n) is 6.01. The molecule has 38 heavy (non-hydrogen) atoms. The van der Waals surface area contributed by atoms with Crippen molar-refractivity contribution in [3.63, 3.8) is 0 Å². The fourth-order valence-electron chi connectivity index (χ4n) is 4.14. The molecule has 4 aromatic carbocycles. The van der Waals surface area contributed by atoms with Crippen LogP contribution in [0, 0.1) is 10.1 Å². The second kappa shape index (κ2) is 11.1. The van der Waals surface area contributed by atoms with Crippen molar-refractivity contribution in [3.05, 3.63) is 113 Å². The molecule has 1 heterocycles. The number of amides is 2. The van der Waals surface area contributed by atoms with E-state index in [1.807, 2.05) is 72.5 Å². The van der Waals surface area contributed by atoms with E-state index in [0.717, 1.165) is 26.1 Å². The number of thioether (sulfide) groups is 1. The van der Waals surface area contributed by atoms with Gasteiger partial charge in [0.1, 0.15) is 0 Å². The molecule has 0 fully saturated rings. The predicted octanol–water partition coefficient (Wildman–Crippen LogP) is 7.55. The molecule has 0 saturated heterocycles. The zero-order valence-corrected chi connectivity index (χ0v) is 22.0. The molecule has 5 rings (SSSR count). The maximum absolute atomic E-state index is 13.9. The molecule has 1 N–H and O–H groups in total. The van der Waals surface area contributed by atoms with Gasteiger partial charge in [-0.05, 0) is 61.0 Å². The van der Waals surface area contributed by atoms with Crippen LogP contribution in [0.4, 0.5) is 22.7 Å². The van der Waals surface area contributed by atoms with Crippen molar-refractivity contribution in [2.75, 3.05) is 10.2 Å². The highest BCUT2D eigenvalue weighted by atomic mass is 32.2. The van der Waals surface area contributed by atoms with Crippen molar-refractivity contribution < 1.29 is 14.5 Å². The molecular weight excluding hydrogens is 518 g/mol. The summed E-state index contributed by atoms with van der Waals surface area (Å²) >= 11 is 3.15. The third kappa shape index (κ3) is 5.29. The Balaban J connectivity index is 1.32. The lowest BCUT2D eigenvalue weighted by atomic mass is 10.2. The van der Waals surface area contributed by atoms with E-state index in [2.05, 4.69) is 5.32 Å². The summed E-state index contributed by atoms with van der Waals surface area (Å²) in [5.74, 6) is -0.420. The van der Waals surface area contributed by atoms with E-state index in [9.17, 15) is 19.7 Å². The minimum absolute atomic E-state index is 0.0146. The van der Waals surface area contributed by atoms with Crippen LogP contribution in [0.1, 0.15) is 23.7 Å². The number of nitrogens with zero attached hydrogens (tertiary/aromatic N) is 2. The topological polar surface area (TPSA) is 92.5 Å². The van der Waals surface area contributed by atoms with Crippen LogP contribution in [0.15, 0.2) is 112 Å². The van der Waals surface area contributed by atoms with Gasteiger partial charge in [-0.2, -0.15) is 0 Å². The molecule has 0 aliphatic carbocycles. The van der Waals surface area contributed by atoms with Gasteiger partial charge in [0.15, 0.2) is 0 Å². The van der Waals surface area contributed by atoms with Crippen LogP contribution < -0.4 is 10.2 Å². The molecule has 0 aromatic heterocycles. The van der Waals surface area contributed by atoms with Crippen LogP contribution in [0.5, 0.6) is 0 Å². The van der Waals surface area contributed by atoms with Crippen molar-refractivity contribution in [2.24, 2.45) is 0 Å². The smallest absolute Gasteiger partial charge is 0.270 e. The van der Waals surface area contributed by atoms with Crippen molar-refractivity contribution in [2.45, 2.75) is 33.3 Å². The summed E-state index contributed by atoms with van der Waals surface area (Å²) in [5.41, 5.74) is 2.40. The maximum atomic E-state index is 13.9. The summed E-state index contributed by atoms with van der Waals surface area (Å²) < 4.78 is 0. The van der Waals surface area contributed by atoms with Crippen molar-refractivity contribution >= 4 is 58.1 Å². The predicted molar refractivity (Wildman–Crippen MR) is 152 cm³/mol. The Kier molecular flexibility index (Phi) is 7.48. The van der Waals surface area contributed by atoms with Crippen molar-refractivity contribution in [3.8, 4) is 0 Å². The lowest BCUT2D eigenvalue weighted by molar-refractivity contribution is -0.384. The number of benzene rings is 4. The van der Waals surface area contributed by atoms with E-state index in [4.69, 9.17) is 0 Å². The highest BCUT2D eigenvalue weighted by Crippen LogP contribution is 2.48. The van der Waals surface area contributed by atoms with Gasteiger partial charge < -0.3 is 5.32 Å². The molecule has 0 radical (unpaired) electrons. The first-order valence-corrected chi connectivity index (χ1v) is 13.7. The number of anilines is 3. The molecule has 4 aromatic rings. The summed E-state index contributed by atoms with van der Waals surface area (Å²) in [4.78, 5) is 41.7. The van der Waals surface area contributed by atoms with E-state index < -0.39 is 10.8 Å². The van der Waals surface area contributed by atoms with Crippen LogP contribution in [0.2, 0.25) is 0 Å². The number of carbonyl (C=O) groups excluding carboxylic acids is 2. The van der Waals surface area contributed by atoms with E-state index >= 15 is 0 Å². The summed E-state index contributed by atoms with van der Waals surface area (Å²) in [5, 5.41) is 13.5. The number of nitro benzene ring substituents is 1. The third-order valence-corrected chi connectivity index (χ3v) is 8.50. The van der Waals surface area contributed by atoms with Crippen LogP contribution in [-0.4, -0.2) is 22.0 Å². The molecule has 1 aliphatic heterocycles.